The summed E-state index contributed by atoms with van der Waals surface area (Å²) in [4.78, 5) is 12.5. The number of methoxy groups -OCH3 is 1. The number of aromatic nitrogens is 2. The van der Waals surface area contributed by atoms with E-state index in [1.54, 1.807) is 30.1 Å². The molecule has 0 radical (unpaired) electrons. The highest BCUT2D eigenvalue weighted by molar-refractivity contribution is 7.08. The van der Waals surface area contributed by atoms with Gasteiger partial charge in [0.25, 0.3) is 0 Å². The van der Waals surface area contributed by atoms with Gasteiger partial charge in [-0.3, -0.25) is 0 Å². The Labute approximate surface area is 172 Å². The third-order valence-corrected chi connectivity index (χ3v) is 5.13. The molecule has 0 saturated heterocycles. The minimum absolute atomic E-state index is 0.0252. The number of nitrogens with zero attached hydrogens (tertiary/aromatic N) is 2. The monoisotopic (exact) mass is 414 g/mol. The lowest BCUT2D eigenvalue weighted by atomic mass is 10.0. The van der Waals surface area contributed by atoms with Crippen molar-refractivity contribution in [3.05, 3.63) is 40.2 Å². The van der Waals surface area contributed by atoms with E-state index < -0.39 is 5.97 Å². The van der Waals surface area contributed by atoms with E-state index in [4.69, 9.17) is 18.9 Å². The van der Waals surface area contributed by atoms with E-state index in [0.29, 0.717) is 22.8 Å². The Balaban J connectivity index is 1.94. The standard InChI is InChI=1S/C21H22N2O5S/c1-5-26-21(24)19-15-10-27-16-9-17(25-4)18(28-12(2)3)8-14(16)20(15)23(22-19)13-6-7-29-11-13/h6-9,11-12H,5,10H2,1-4H3. The van der Waals surface area contributed by atoms with Crippen LogP contribution >= 0.6 is 11.3 Å². The predicted molar refractivity (Wildman–Crippen MR) is 109 cm³/mol. The van der Waals surface area contributed by atoms with Crippen LogP contribution in [0.5, 0.6) is 17.2 Å². The van der Waals surface area contributed by atoms with E-state index >= 15 is 0 Å². The van der Waals surface area contributed by atoms with Crippen LogP contribution in [0.25, 0.3) is 16.9 Å². The summed E-state index contributed by atoms with van der Waals surface area (Å²) >= 11 is 1.56. The van der Waals surface area contributed by atoms with Gasteiger partial charge in [-0.2, -0.15) is 16.4 Å². The zero-order chi connectivity index (χ0) is 20.5. The van der Waals surface area contributed by atoms with Crippen LogP contribution in [0.1, 0.15) is 36.8 Å². The third kappa shape index (κ3) is 3.44. The lowest BCUT2D eigenvalue weighted by Crippen LogP contribution is -2.13. The first kappa shape index (κ1) is 19.3. The molecule has 1 aliphatic heterocycles. The number of carbonyl (C=O) groups excluding carboxylic acids is 1. The Morgan fingerprint density at radius 1 is 1.34 bits per heavy atom. The molecule has 0 spiro atoms. The molecule has 0 atom stereocenters. The van der Waals surface area contributed by atoms with Crippen molar-refractivity contribution in [3.63, 3.8) is 0 Å². The van der Waals surface area contributed by atoms with E-state index in [1.807, 2.05) is 42.8 Å². The lowest BCUT2D eigenvalue weighted by molar-refractivity contribution is 0.0516. The average molecular weight is 414 g/mol. The number of ether oxygens (including phenoxy) is 4. The molecule has 3 aromatic rings. The van der Waals surface area contributed by atoms with E-state index in [-0.39, 0.29) is 25.0 Å². The first-order valence-electron chi connectivity index (χ1n) is 9.36. The van der Waals surface area contributed by atoms with Crippen molar-refractivity contribution in [3.8, 4) is 34.2 Å². The summed E-state index contributed by atoms with van der Waals surface area (Å²) in [6.07, 6.45) is -0.0252. The number of rotatable bonds is 6. The summed E-state index contributed by atoms with van der Waals surface area (Å²) in [6.45, 7) is 6.17. The second kappa shape index (κ2) is 7.79. The van der Waals surface area contributed by atoms with Crippen LogP contribution in [0.15, 0.2) is 29.0 Å². The quantitative estimate of drug-likeness (QED) is 0.555. The van der Waals surface area contributed by atoms with Gasteiger partial charge in [0.1, 0.15) is 12.4 Å². The number of hydrogen-bond acceptors (Lipinski definition) is 7. The fourth-order valence-electron chi connectivity index (χ4n) is 3.29. The molecule has 0 aliphatic carbocycles. The van der Waals surface area contributed by atoms with Crippen molar-refractivity contribution in [1.29, 1.82) is 0 Å². The van der Waals surface area contributed by atoms with E-state index in [2.05, 4.69) is 5.10 Å². The number of thiophene rings is 1. The summed E-state index contributed by atoms with van der Waals surface area (Å²) in [7, 11) is 1.59. The van der Waals surface area contributed by atoms with Crippen LogP contribution in [-0.4, -0.2) is 35.6 Å². The Hall–Kier alpha value is -3.00. The van der Waals surface area contributed by atoms with Gasteiger partial charge in [0.2, 0.25) is 0 Å². The van der Waals surface area contributed by atoms with Crippen LogP contribution in [0.4, 0.5) is 0 Å². The predicted octanol–water partition coefficient (Wildman–Crippen LogP) is 4.47. The minimum Gasteiger partial charge on any atom is -0.493 e. The molecular weight excluding hydrogens is 392 g/mol. The average Bonchev–Trinajstić information content (AvgIpc) is 3.35. The van der Waals surface area contributed by atoms with Crippen molar-refractivity contribution in [1.82, 2.24) is 9.78 Å². The van der Waals surface area contributed by atoms with Crippen LogP contribution in [0.3, 0.4) is 0 Å². The van der Waals surface area contributed by atoms with E-state index in [9.17, 15) is 4.79 Å². The molecule has 4 rings (SSSR count). The maximum atomic E-state index is 12.5. The topological polar surface area (TPSA) is 71.8 Å². The van der Waals surface area contributed by atoms with E-state index in [0.717, 1.165) is 16.9 Å². The van der Waals surface area contributed by atoms with Crippen molar-refractivity contribution in [2.45, 2.75) is 33.5 Å². The molecule has 29 heavy (non-hydrogen) atoms. The van der Waals surface area contributed by atoms with Gasteiger partial charge in [-0.25, -0.2) is 9.48 Å². The minimum atomic E-state index is -0.461. The smallest absolute Gasteiger partial charge is 0.359 e. The molecule has 152 valence electrons. The summed E-state index contributed by atoms with van der Waals surface area (Å²) in [5.74, 6) is 1.38. The van der Waals surface area contributed by atoms with Crippen LogP contribution in [-0.2, 0) is 11.3 Å². The fraction of sp³-hybridized carbons (Fsp3) is 0.333. The van der Waals surface area contributed by atoms with Crippen LogP contribution in [0.2, 0.25) is 0 Å². The molecule has 0 N–H and O–H groups in total. The van der Waals surface area contributed by atoms with Crippen molar-refractivity contribution < 1.29 is 23.7 Å². The highest BCUT2D eigenvalue weighted by atomic mass is 32.1. The van der Waals surface area contributed by atoms with Crippen LogP contribution in [0, 0.1) is 0 Å². The normalized spacial score (nSPS) is 12.2. The zero-order valence-corrected chi connectivity index (χ0v) is 17.5. The Kier molecular flexibility index (Phi) is 5.19. The zero-order valence-electron chi connectivity index (χ0n) is 16.7. The van der Waals surface area contributed by atoms with Gasteiger partial charge in [-0.1, -0.05) is 0 Å². The summed E-state index contributed by atoms with van der Waals surface area (Å²) < 4.78 is 24.4. The Bertz CT molecular complexity index is 1040. The molecule has 0 fully saturated rings. The molecule has 0 amide bonds. The van der Waals surface area contributed by atoms with Gasteiger partial charge >= 0.3 is 5.97 Å². The largest absolute Gasteiger partial charge is 0.493 e. The Morgan fingerprint density at radius 2 is 2.17 bits per heavy atom. The second-order valence-corrected chi connectivity index (χ2v) is 7.52. The second-order valence-electron chi connectivity index (χ2n) is 6.74. The van der Waals surface area contributed by atoms with Gasteiger partial charge in [-0.15, -0.1) is 0 Å². The SMILES string of the molecule is CCOC(=O)c1nn(-c2ccsc2)c2c1COc1cc(OC)c(OC(C)C)cc1-2. The molecule has 8 heteroatoms. The molecule has 0 unspecified atom stereocenters. The maximum absolute atomic E-state index is 12.5. The molecule has 0 saturated carbocycles. The van der Waals surface area contributed by atoms with Gasteiger partial charge in [-0.05, 0) is 38.3 Å². The highest BCUT2D eigenvalue weighted by Crippen LogP contribution is 2.46. The summed E-state index contributed by atoms with van der Waals surface area (Å²) in [6, 6.07) is 5.65. The third-order valence-electron chi connectivity index (χ3n) is 4.46. The van der Waals surface area contributed by atoms with Gasteiger partial charge < -0.3 is 18.9 Å². The first-order chi connectivity index (χ1) is 14.0. The molecule has 0 bridgehead atoms. The lowest BCUT2D eigenvalue weighted by Gasteiger charge is -2.22. The molecule has 3 heterocycles. The number of carbonyl (C=O) groups is 1. The van der Waals surface area contributed by atoms with Crippen molar-refractivity contribution >= 4 is 17.3 Å². The van der Waals surface area contributed by atoms with Gasteiger partial charge in [0, 0.05) is 17.0 Å². The van der Waals surface area contributed by atoms with E-state index in [1.165, 1.54) is 0 Å². The number of esters is 1. The number of hydrogen-bond donors (Lipinski definition) is 0. The molecule has 2 aromatic heterocycles. The maximum Gasteiger partial charge on any atom is 0.359 e. The molecule has 1 aliphatic rings. The summed E-state index contributed by atoms with van der Waals surface area (Å²) in [5, 5.41) is 8.53. The number of benzene rings is 1. The van der Waals surface area contributed by atoms with Crippen LogP contribution < -0.4 is 14.2 Å². The highest BCUT2D eigenvalue weighted by Gasteiger charge is 2.32. The van der Waals surface area contributed by atoms with Gasteiger partial charge in [0.15, 0.2) is 17.2 Å². The Morgan fingerprint density at radius 3 is 2.83 bits per heavy atom. The van der Waals surface area contributed by atoms with Crippen molar-refractivity contribution in [2.75, 3.05) is 13.7 Å². The summed E-state index contributed by atoms with van der Waals surface area (Å²) in [5.41, 5.74) is 3.42. The molecule has 7 nitrogen and oxygen atoms in total. The molecule has 1 aromatic carbocycles. The van der Waals surface area contributed by atoms with Crippen molar-refractivity contribution in [2.24, 2.45) is 0 Å². The molecular formula is C21H22N2O5S. The number of fused-ring (bicyclic) bond motifs is 3. The fourth-order valence-corrected chi connectivity index (χ4v) is 3.91. The first-order valence-corrected chi connectivity index (χ1v) is 10.3. The van der Waals surface area contributed by atoms with Gasteiger partial charge in [0.05, 0.1) is 36.8 Å².